The van der Waals surface area contributed by atoms with E-state index in [1.54, 1.807) is 29.2 Å². The number of nitrogens with two attached hydrogens (primary N) is 2. The molecule has 2 atom stereocenters. The van der Waals surface area contributed by atoms with Gasteiger partial charge in [0.25, 0.3) is 5.91 Å². The van der Waals surface area contributed by atoms with Crippen LogP contribution in [0.3, 0.4) is 0 Å². The zero-order chi connectivity index (χ0) is 26.5. The molecule has 2 aromatic rings. The molecule has 0 saturated carbocycles. The molecule has 0 unspecified atom stereocenters. The van der Waals surface area contributed by atoms with E-state index in [9.17, 15) is 19.2 Å². The average Bonchev–Trinajstić information content (AvgIpc) is 3.16. The van der Waals surface area contributed by atoms with Crippen LogP contribution < -0.4 is 22.1 Å². The lowest BCUT2D eigenvalue weighted by molar-refractivity contribution is -0.137. The maximum atomic E-state index is 13.0. The number of carboxylic acids is 1. The summed E-state index contributed by atoms with van der Waals surface area (Å²) < 4.78 is 0. The zero-order valence-corrected chi connectivity index (χ0v) is 20.3. The van der Waals surface area contributed by atoms with Crippen LogP contribution in [0.15, 0.2) is 47.5 Å². The second kappa shape index (κ2) is 11.3. The van der Waals surface area contributed by atoms with Crippen molar-refractivity contribution in [3.8, 4) is 0 Å². The second-order valence-corrected chi connectivity index (χ2v) is 9.09. The van der Waals surface area contributed by atoms with Gasteiger partial charge in [0.2, 0.25) is 11.8 Å². The van der Waals surface area contributed by atoms with Crippen molar-refractivity contribution in [2.24, 2.45) is 16.5 Å². The van der Waals surface area contributed by atoms with E-state index in [1.807, 2.05) is 18.2 Å². The van der Waals surface area contributed by atoms with Crippen LogP contribution in [0.25, 0.3) is 0 Å². The summed E-state index contributed by atoms with van der Waals surface area (Å²) in [5.74, 6) is -1.70. The van der Waals surface area contributed by atoms with Gasteiger partial charge in [-0.25, -0.2) is 4.99 Å². The number of aliphatic carboxylic acids is 1. The van der Waals surface area contributed by atoms with E-state index in [1.165, 1.54) is 0 Å². The molecule has 194 valence electrons. The number of carboxylic acid groups (broad SMARTS) is 1. The number of amidine groups is 1. The van der Waals surface area contributed by atoms with Crippen molar-refractivity contribution in [1.29, 1.82) is 0 Å². The fourth-order valence-electron chi connectivity index (χ4n) is 4.39. The zero-order valence-electron chi connectivity index (χ0n) is 20.3. The summed E-state index contributed by atoms with van der Waals surface area (Å²) >= 11 is 0. The molecule has 11 heteroatoms. The van der Waals surface area contributed by atoms with Gasteiger partial charge in [-0.15, -0.1) is 0 Å². The molecule has 0 spiro atoms. The highest BCUT2D eigenvalue weighted by Crippen LogP contribution is 2.35. The maximum Gasteiger partial charge on any atom is 0.303 e. The summed E-state index contributed by atoms with van der Waals surface area (Å²) in [6, 6.07) is 10.5. The van der Waals surface area contributed by atoms with Crippen molar-refractivity contribution >= 4 is 40.9 Å². The van der Waals surface area contributed by atoms with Crippen LogP contribution in [0, 0.1) is 0 Å². The van der Waals surface area contributed by atoms with Gasteiger partial charge in [0.15, 0.2) is 0 Å². The Kier molecular flexibility index (Phi) is 7.95. The van der Waals surface area contributed by atoms with Gasteiger partial charge in [-0.1, -0.05) is 24.6 Å². The second-order valence-electron chi connectivity index (χ2n) is 9.09. The number of rotatable bonds is 11. The quantitative estimate of drug-likeness (QED) is 0.286. The number of anilines is 1. The van der Waals surface area contributed by atoms with Crippen LogP contribution in [0.2, 0.25) is 0 Å². The minimum atomic E-state index is -1.09. The first kappa shape index (κ1) is 26.0. The molecule has 37 heavy (non-hydrogen) atoms. The van der Waals surface area contributed by atoms with Gasteiger partial charge in [0.05, 0.1) is 23.8 Å². The van der Waals surface area contributed by atoms with Gasteiger partial charge < -0.3 is 27.2 Å². The lowest BCUT2D eigenvalue weighted by atomic mass is 10.1. The molecule has 11 nitrogen and oxygen atoms in total. The van der Waals surface area contributed by atoms with Gasteiger partial charge in [0.1, 0.15) is 11.9 Å². The number of carbonyl (C=O) groups excluding carboxylic acids is 3. The van der Waals surface area contributed by atoms with Crippen LogP contribution >= 0.6 is 0 Å². The van der Waals surface area contributed by atoms with E-state index in [4.69, 9.17) is 16.6 Å². The SMILES string of the molecule is NCCCC[C@H](N)C(=O)N[C@H](CCC(=O)O)C(=O)Nc1ccc2c(c1)CN1C(=O)c3ccccc3C1=N2. The number of unbranched alkanes of at least 4 members (excludes halogenated alkanes) is 1. The Morgan fingerprint density at radius 1 is 1.05 bits per heavy atom. The molecule has 7 N–H and O–H groups in total. The third kappa shape index (κ3) is 5.84. The molecule has 2 aliphatic heterocycles. The Morgan fingerprint density at radius 3 is 2.54 bits per heavy atom. The highest BCUT2D eigenvalue weighted by Gasteiger charge is 2.36. The topological polar surface area (TPSA) is 180 Å². The molecule has 2 aromatic carbocycles. The van der Waals surface area contributed by atoms with Crippen molar-refractivity contribution in [1.82, 2.24) is 10.2 Å². The summed E-state index contributed by atoms with van der Waals surface area (Å²) in [4.78, 5) is 55.8. The number of hydrogen-bond donors (Lipinski definition) is 5. The molecule has 2 heterocycles. The average molecular weight is 507 g/mol. The van der Waals surface area contributed by atoms with Crippen LogP contribution in [-0.4, -0.2) is 58.2 Å². The molecule has 0 fully saturated rings. The van der Waals surface area contributed by atoms with Crippen LogP contribution in [0.4, 0.5) is 11.4 Å². The lowest BCUT2D eigenvalue weighted by Gasteiger charge is -2.24. The third-order valence-corrected chi connectivity index (χ3v) is 6.39. The molecule has 0 bridgehead atoms. The molecule has 0 saturated heterocycles. The maximum absolute atomic E-state index is 13.0. The minimum Gasteiger partial charge on any atom is -0.481 e. The molecule has 3 amide bonds. The normalized spacial score (nSPS) is 15.1. The first-order valence-electron chi connectivity index (χ1n) is 12.2. The van der Waals surface area contributed by atoms with Gasteiger partial charge in [-0.05, 0) is 55.6 Å². The van der Waals surface area contributed by atoms with Crippen LogP contribution in [-0.2, 0) is 20.9 Å². The summed E-state index contributed by atoms with van der Waals surface area (Å²) in [7, 11) is 0. The highest BCUT2D eigenvalue weighted by molar-refractivity contribution is 6.24. The fraction of sp³-hybridized carbons (Fsp3) is 0.346. The summed E-state index contributed by atoms with van der Waals surface area (Å²) in [6.07, 6.45) is 1.40. The van der Waals surface area contributed by atoms with Crippen molar-refractivity contribution in [2.45, 2.75) is 50.7 Å². The van der Waals surface area contributed by atoms with E-state index in [-0.39, 0.29) is 18.7 Å². The molecular formula is C26H30N6O5. The number of nitrogens with one attached hydrogen (secondary N) is 2. The number of carbonyl (C=O) groups is 4. The van der Waals surface area contributed by atoms with Crippen molar-refractivity contribution in [3.05, 3.63) is 59.2 Å². The largest absolute Gasteiger partial charge is 0.481 e. The lowest BCUT2D eigenvalue weighted by Crippen LogP contribution is -2.50. The summed E-state index contributed by atoms with van der Waals surface area (Å²) in [6.45, 7) is 0.784. The Bertz CT molecular complexity index is 1260. The predicted molar refractivity (Wildman–Crippen MR) is 137 cm³/mol. The third-order valence-electron chi connectivity index (χ3n) is 6.39. The molecule has 0 aromatic heterocycles. The minimum absolute atomic E-state index is 0.0957. The van der Waals surface area contributed by atoms with E-state index in [2.05, 4.69) is 15.6 Å². The van der Waals surface area contributed by atoms with Crippen molar-refractivity contribution < 1.29 is 24.3 Å². The van der Waals surface area contributed by atoms with E-state index in [0.29, 0.717) is 48.7 Å². The number of fused-ring (bicyclic) bond motifs is 4. The Hall–Kier alpha value is -4.09. The van der Waals surface area contributed by atoms with Gasteiger partial charge in [-0.2, -0.15) is 0 Å². The Balaban J connectivity index is 1.47. The number of amides is 3. The standard InChI is InChI=1S/C26H30N6O5/c27-12-4-3-7-19(28)24(35)31-21(10-11-22(33)34)25(36)29-16-8-9-20-15(13-16)14-32-23(30-20)17-5-1-2-6-18(17)26(32)37/h1-2,5-6,8-9,13,19,21H,3-4,7,10-12,14,27-28H2,(H,29,36)(H,31,35)(H,33,34)/t19-,21+/m0/s1. The predicted octanol–water partition coefficient (Wildman–Crippen LogP) is 1.48. The first-order valence-corrected chi connectivity index (χ1v) is 12.2. The van der Waals surface area contributed by atoms with Gasteiger partial charge in [-0.3, -0.25) is 24.1 Å². The smallest absolute Gasteiger partial charge is 0.303 e. The number of nitrogens with zero attached hydrogens (tertiary/aromatic N) is 2. The first-order chi connectivity index (χ1) is 17.8. The summed E-state index contributed by atoms with van der Waals surface area (Å²) in [5, 5.41) is 14.4. The van der Waals surface area contributed by atoms with E-state index in [0.717, 1.165) is 17.5 Å². The number of hydrogen-bond acceptors (Lipinski definition) is 7. The van der Waals surface area contributed by atoms with Gasteiger partial charge in [0, 0.05) is 17.7 Å². The fourth-order valence-corrected chi connectivity index (χ4v) is 4.39. The van der Waals surface area contributed by atoms with Crippen molar-refractivity contribution in [3.63, 3.8) is 0 Å². The van der Waals surface area contributed by atoms with Crippen LogP contribution in [0.1, 0.15) is 53.6 Å². The molecular weight excluding hydrogens is 476 g/mol. The Morgan fingerprint density at radius 2 is 1.81 bits per heavy atom. The monoisotopic (exact) mass is 506 g/mol. The molecule has 2 aliphatic rings. The van der Waals surface area contributed by atoms with Gasteiger partial charge >= 0.3 is 5.97 Å². The molecule has 4 rings (SSSR count). The van der Waals surface area contributed by atoms with Crippen LogP contribution in [0.5, 0.6) is 0 Å². The van der Waals surface area contributed by atoms with E-state index < -0.39 is 29.9 Å². The Labute approximate surface area is 213 Å². The molecule has 0 aliphatic carbocycles. The van der Waals surface area contributed by atoms with Crippen molar-refractivity contribution in [2.75, 3.05) is 11.9 Å². The van der Waals surface area contributed by atoms with E-state index >= 15 is 0 Å². The molecule has 0 radical (unpaired) electrons. The number of aliphatic imine (C=N–C) groups is 1. The number of benzene rings is 2. The highest BCUT2D eigenvalue weighted by atomic mass is 16.4. The summed E-state index contributed by atoms with van der Waals surface area (Å²) in [5.41, 5.74) is 14.7.